The Hall–Kier alpha value is -2.73. The molecule has 1 atom stereocenters. The highest BCUT2D eigenvalue weighted by atomic mass is 35.5. The van der Waals surface area contributed by atoms with E-state index in [4.69, 9.17) is 21.1 Å². The van der Waals surface area contributed by atoms with E-state index in [1.165, 1.54) is 0 Å². The number of benzene rings is 2. The number of hydrogen-bond donors (Lipinski definition) is 1. The van der Waals surface area contributed by atoms with Crippen molar-refractivity contribution in [1.29, 1.82) is 0 Å². The van der Waals surface area contributed by atoms with Crippen LogP contribution in [0.3, 0.4) is 0 Å². The van der Waals surface area contributed by atoms with Gasteiger partial charge >= 0.3 is 0 Å². The molecule has 1 N–H and O–H groups in total. The fourth-order valence-corrected chi connectivity index (χ4v) is 3.99. The van der Waals surface area contributed by atoms with Gasteiger partial charge in [-0.2, -0.15) is 0 Å². The maximum atomic E-state index is 12.7. The van der Waals surface area contributed by atoms with E-state index in [-0.39, 0.29) is 17.7 Å². The summed E-state index contributed by atoms with van der Waals surface area (Å²) in [4.78, 5) is 27.1. The van der Waals surface area contributed by atoms with Crippen LogP contribution in [-0.4, -0.2) is 49.6 Å². The Labute approximate surface area is 181 Å². The number of piperidine rings is 1. The first kappa shape index (κ1) is 20.5. The summed E-state index contributed by atoms with van der Waals surface area (Å²) >= 11 is 5.90. The molecule has 0 aliphatic carbocycles. The number of carbonyl (C=O) groups is 2. The van der Waals surface area contributed by atoms with Crippen LogP contribution >= 0.6 is 11.6 Å². The molecule has 1 saturated heterocycles. The quantitative estimate of drug-likeness (QED) is 0.793. The summed E-state index contributed by atoms with van der Waals surface area (Å²) in [6.07, 6.45) is 2.32. The lowest BCUT2D eigenvalue weighted by Crippen LogP contribution is -2.45. The van der Waals surface area contributed by atoms with Crippen molar-refractivity contribution in [1.82, 2.24) is 10.2 Å². The molecule has 2 amide bonds. The summed E-state index contributed by atoms with van der Waals surface area (Å²) in [6, 6.07) is 12.7. The second-order valence-corrected chi connectivity index (χ2v) is 8.05. The molecule has 0 aromatic heterocycles. The van der Waals surface area contributed by atoms with Crippen LogP contribution in [0.25, 0.3) is 0 Å². The Morgan fingerprint density at radius 2 is 1.83 bits per heavy atom. The Bertz CT molecular complexity index is 916. The zero-order valence-corrected chi connectivity index (χ0v) is 17.5. The van der Waals surface area contributed by atoms with Crippen LogP contribution in [0.5, 0.6) is 11.5 Å². The van der Waals surface area contributed by atoms with Gasteiger partial charge in [-0.3, -0.25) is 9.59 Å². The molecule has 30 heavy (non-hydrogen) atoms. The van der Waals surface area contributed by atoms with E-state index in [2.05, 4.69) is 5.32 Å². The number of rotatable bonds is 5. The molecule has 6 nitrogen and oxygen atoms in total. The van der Waals surface area contributed by atoms with Gasteiger partial charge in [0.2, 0.25) is 5.91 Å². The van der Waals surface area contributed by atoms with Crippen LogP contribution in [0.4, 0.5) is 0 Å². The van der Waals surface area contributed by atoms with Crippen LogP contribution in [0, 0.1) is 5.92 Å². The molecule has 0 radical (unpaired) electrons. The van der Waals surface area contributed by atoms with Gasteiger partial charge in [0.15, 0.2) is 11.5 Å². The van der Waals surface area contributed by atoms with Gasteiger partial charge in [0.1, 0.15) is 13.2 Å². The van der Waals surface area contributed by atoms with Gasteiger partial charge in [-0.15, -0.1) is 0 Å². The highest BCUT2D eigenvalue weighted by Crippen LogP contribution is 2.30. The number of amides is 2. The zero-order valence-electron chi connectivity index (χ0n) is 16.7. The summed E-state index contributed by atoms with van der Waals surface area (Å²) in [5.74, 6) is 1.28. The van der Waals surface area contributed by atoms with Gasteiger partial charge in [-0.25, -0.2) is 0 Å². The maximum absolute atomic E-state index is 12.7. The first-order valence-electron chi connectivity index (χ1n) is 10.3. The lowest BCUT2D eigenvalue weighted by Gasteiger charge is -2.32. The van der Waals surface area contributed by atoms with Crippen molar-refractivity contribution in [2.45, 2.75) is 19.3 Å². The van der Waals surface area contributed by atoms with Gasteiger partial charge in [0.05, 0.1) is 5.92 Å². The summed E-state index contributed by atoms with van der Waals surface area (Å²) in [7, 11) is 0. The number of fused-ring (bicyclic) bond motifs is 1. The number of carbonyl (C=O) groups excluding carboxylic acids is 2. The molecule has 2 aliphatic heterocycles. The van der Waals surface area contributed by atoms with Gasteiger partial charge in [-0.1, -0.05) is 17.7 Å². The topological polar surface area (TPSA) is 67.9 Å². The molecule has 1 fully saturated rings. The van der Waals surface area contributed by atoms with E-state index >= 15 is 0 Å². The number of nitrogens with zero attached hydrogens (tertiary/aromatic N) is 1. The predicted molar refractivity (Wildman–Crippen MR) is 114 cm³/mol. The fourth-order valence-electron chi connectivity index (χ4n) is 3.87. The largest absolute Gasteiger partial charge is 0.486 e. The average molecular weight is 429 g/mol. The predicted octanol–water partition coefficient (Wildman–Crippen LogP) is 3.32. The molecule has 0 bridgehead atoms. The van der Waals surface area contributed by atoms with Crippen molar-refractivity contribution < 1.29 is 19.1 Å². The van der Waals surface area contributed by atoms with Crippen LogP contribution in [0.1, 0.15) is 28.8 Å². The Kier molecular flexibility index (Phi) is 6.43. The fraction of sp³-hybridized carbons (Fsp3) is 0.391. The van der Waals surface area contributed by atoms with Crippen LogP contribution < -0.4 is 14.8 Å². The summed E-state index contributed by atoms with van der Waals surface area (Å²) in [6.45, 7) is 2.78. The number of nitrogens with one attached hydrogen (secondary N) is 1. The third-order valence-corrected chi connectivity index (χ3v) is 5.74. The number of halogens is 1. The van der Waals surface area contributed by atoms with E-state index < -0.39 is 0 Å². The van der Waals surface area contributed by atoms with Crippen LogP contribution in [0.15, 0.2) is 42.5 Å². The van der Waals surface area contributed by atoms with Crippen molar-refractivity contribution in [3.63, 3.8) is 0 Å². The SMILES string of the molecule is O=C(NCCc1ccc2c(c1)OCCO2)[C@H]1CCCN(C(=O)c2ccc(Cl)cc2)C1. The average Bonchev–Trinajstić information content (AvgIpc) is 2.79. The molecule has 7 heteroatoms. The number of ether oxygens (including phenoxy) is 2. The smallest absolute Gasteiger partial charge is 0.253 e. The molecule has 0 saturated carbocycles. The van der Waals surface area contributed by atoms with E-state index in [1.54, 1.807) is 29.2 Å². The second kappa shape index (κ2) is 9.39. The van der Waals surface area contributed by atoms with Crippen LogP contribution in [0.2, 0.25) is 5.02 Å². The minimum Gasteiger partial charge on any atom is -0.486 e. The number of hydrogen-bond acceptors (Lipinski definition) is 4. The number of likely N-dealkylation sites (tertiary alicyclic amines) is 1. The minimum atomic E-state index is -0.185. The third kappa shape index (κ3) is 4.87. The second-order valence-electron chi connectivity index (χ2n) is 7.62. The molecule has 2 aliphatic rings. The maximum Gasteiger partial charge on any atom is 0.253 e. The Balaban J connectivity index is 1.28. The zero-order chi connectivity index (χ0) is 20.9. The summed E-state index contributed by atoms with van der Waals surface area (Å²) in [5.41, 5.74) is 1.68. The first-order valence-corrected chi connectivity index (χ1v) is 10.7. The van der Waals surface area contributed by atoms with Crippen molar-refractivity contribution in [3.8, 4) is 11.5 Å². The molecule has 0 unspecified atom stereocenters. The van der Waals surface area contributed by atoms with E-state index in [0.29, 0.717) is 49.9 Å². The third-order valence-electron chi connectivity index (χ3n) is 5.49. The highest BCUT2D eigenvalue weighted by Gasteiger charge is 2.28. The molecule has 4 rings (SSSR count). The van der Waals surface area contributed by atoms with E-state index in [9.17, 15) is 9.59 Å². The van der Waals surface area contributed by atoms with E-state index in [0.717, 1.165) is 29.9 Å². The standard InChI is InChI=1S/C23H25ClN2O4/c24-19-6-4-17(5-7-19)23(28)26-11-1-2-18(15-26)22(27)25-10-9-16-3-8-20-21(14-16)30-13-12-29-20/h3-8,14,18H,1-2,9-13,15H2,(H,25,27)/t18-/m0/s1. The highest BCUT2D eigenvalue weighted by molar-refractivity contribution is 6.30. The first-order chi connectivity index (χ1) is 14.6. The van der Waals surface area contributed by atoms with Crippen molar-refractivity contribution in [2.24, 2.45) is 5.92 Å². The molecule has 2 aromatic rings. The lowest BCUT2D eigenvalue weighted by molar-refractivity contribution is -0.126. The monoisotopic (exact) mass is 428 g/mol. The normalized spacial score (nSPS) is 18.0. The van der Waals surface area contributed by atoms with Crippen molar-refractivity contribution in [3.05, 3.63) is 58.6 Å². The van der Waals surface area contributed by atoms with Gasteiger partial charge < -0.3 is 19.7 Å². The van der Waals surface area contributed by atoms with Gasteiger partial charge in [-0.05, 0) is 61.2 Å². The molecule has 2 aromatic carbocycles. The molecule has 0 spiro atoms. The molecular formula is C23H25ClN2O4. The molecule has 158 valence electrons. The van der Waals surface area contributed by atoms with Gasteiger partial charge in [0.25, 0.3) is 5.91 Å². The van der Waals surface area contributed by atoms with Crippen molar-refractivity contribution in [2.75, 3.05) is 32.8 Å². The van der Waals surface area contributed by atoms with Crippen molar-refractivity contribution >= 4 is 23.4 Å². The van der Waals surface area contributed by atoms with Crippen LogP contribution in [-0.2, 0) is 11.2 Å². The van der Waals surface area contributed by atoms with Gasteiger partial charge in [0, 0.05) is 30.2 Å². The minimum absolute atomic E-state index is 0.00106. The Morgan fingerprint density at radius 3 is 2.63 bits per heavy atom. The summed E-state index contributed by atoms with van der Waals surface area (Å²) in [5, 5.41) is 3.62. The molecular weight excluding hydrogens is 404 g/mol. The summed E-state index contributed by atoms with van der Waals surface area (Å²) < 4.78 is 11.1. The Morgan fingerprint density at radius 1 is 1.07 bits per heavy atom. The molecule has 2 heterocycles. The lowest BCUT2D eigenvalue weighted by atomic mass is 9.96. The van der Waals surface area contributed by atoms with E-state index in [1.807, 2.05) is 18.2 Å².